The van der Waals surface area contributed by atoms with Gasteiger partial charge in [0.1, 0.15) is 5.82 Å². The van der Waals surface area contributed by atoms with Gasteiger partial charge in [-0.3, -0.25) is 4.79 Å². The second-order valence-corrected chi connectivity index (χ2v) is 4.99. The van der Waals surface area contributed by atoms with Crippen LogP contribution < -0.4 is 5.32 Å². The molecular weight excluding hydrogens is 269 g/mol. The van der Waals surface area contributed by atoms with Crippen LogP contribution in [0.5, 0.6) is 0 Å². The van der Waals surface area contributed by atoms with Crippen molar-refractivity contribution in [1.82, 2.24) is 5.32 Å². The Kier molecular flexibility index (Phi) is 5.06. The third kappa shape index (κ3) is 4.13. The van der Waals surface area contributed by atoms with Crippen molar-refractivity contribution < 1.29 is 14.3 Å². The molecule has 0 fully saturated rings. The molecule has 0 aromatic heterocycles. The van der Waals surface area contributed by atoms with E-state index in [-0.39, 0.29) is 18.4 Å². The first-order valence-electron chi connectivity index (χ1n) is 6.84. The third-order valence-corrected chi connectivity index (χ3v) is 3.48. The van der Waals surface area contributed by atoms with E-state index in [1.54, 1.807) is 18.2 Å². The number of halogens is 1. The molecule has 1 unspecified atom stereocenters. The number of nitrogens with one attached hydrogen (secondary N) is 1. The van der Waals surface area contributed by atoms with Crippen LogP contribution in [0.2, 0.25) is 0 Å². The van der Waals surface area contributed by atoms with E-state index in [0.717, 1.165) is 11.1 Å². The highest BCUT2D eigenvalue weighted by molar-refractivity contribution is 5.76. The summed E-state index contributed by atoms with van der Waals surface area (Å²) in [6.45, 7) is 2.18. The summed E-state index contributed by atoms with van der Waals surface area (Å²) < 4.78 is 13.2. The van der Waals surface area contributed by atoms with E-state index in [1.807, 2.05) is 31.2 Å². The highest BCUT2D eigenvalue weighted by Gasteiger charge is 2.20. The predicted octanol–water partition coefficient (Wildman–Crippen LogP) is 3.34. The highest BCUT2D eigenvalue weighted by Crippen LogP contribution is 2.18. The number of carboxylic acid groups (broad SMARTS) is 1. The van der Waals surface area contributed by atoms with Gasteiger partial charge in [0.05, 0.1) is 5.92 Å². The maximum absolute atomic E-state index is 13.2. The van der Waals surface area contributed by atoms with Gasteiger partial charge >= 0.3 is 5.97 Å². The minimum absolute atomic E-state index is 0.119. The molecule has 0 radical (unpaired) electrons. The molecule has 3 nitrogen and oxygen atoms in total. The number of carboxylic acids is 1. The van der Waals surface area contributed by atoms with Gasteiger partial charge in [0.25, 0.3) is 0 Å². The molecule has 21 heavy (non-hydrogen) atoms. The van der Waals surface area contributed by atoms with Gasteiger partial charge in [0, 0.05) is 12.6 Å². The fourth-order valence-corrected chi connectivity index (χ4v) is 2.22. The molecule has 0 heterocycles. The van der Waals surface area contributed by atoms with Gasteiger partial charge in [-0.25, -0.2) is 4.39 Å². The number of carbonyl (C=O) groups is 1. The minimum Gasteiger partial charge on any atom is -0.481 e. The van der Waals surface area contributed by atoms with Gasteiger partial charge in [-0.15, -0.1) is 0 Å². The average Bonchev–Trinajstić information content (AvgIpc) is 2.48. The second kappa shape index (κ2) is 6.99. The smallest absolute Gasteiger partial charge is 0.312 e. The molecule has 0 saturated heterocycles. The average molecular weight is 287 g/mol. The Balaban J connectivity index is 2.04. The zero-order valence-electron chi connectivity index (χ0n) is 11.8. The second-order valence-electron chi connectivity index (χ2n) is 4.99. The van der Waals surface area contributed by atoms with E-state index >= 15 is 0 Å². The fourth-order valence-electron chi connectivity index (χ4n) is 2.22. The monoisotopic (exact) mass is 287 g/mol. The summed E-state index contributed by atoms with van der Waals surface area (Å²) >= 11 is 0. The molecule has 0 aliphatic heterocycles. The number of hydrogen-bond acceptors (Lipinski definition) is 2. The summed E-state index contributed by atoms with van der Waals surface area (Å²) in [5, 5.41) is 12.5. The third-order valence-electron chi connectivity index (χ3n) is 3.48. The van der Waals surface area contributed by atoms with Crippen LogP contribution in [0, 0.1) is 5.82 Å². The molecule has 2 atom stereocenters. The lowest BCUT2D eigenvalue weighted by Crippen LogP contribution is -2.29. The largest absolute Gasteiger partial charge is 0.481 e. The van der Waals surface area contributed by atoms with Gasteiger partial charge < -0.3 is 10.4 Å². The Hall–Kier alpha value is -2.20. The Morgan fingerprint density at radius 2 is 1.81 bits per heavy atom. The number of benzene rings is 2. The number of aliphatic carboxylic acids is 1. The van der Waals surface area contributed by atoms with E-state index in [1.165, 1.54) is 12.1 Å². The van der Waals surface area contributed by atoms with E-state index in [2.05, 4.69) is 5.32 Å². The van der Waals surface area contributed by atoms with E-state index in [0.29, 0.717) is 0 Å². The highest BCUT2D eigenvalue weighted by atomic mass is 19.1. The van der Waals surface area contributed by atoms with Crippen LogP contribution in [0.4, 0.5) is 4.39 Å². The zero-order chi connectivity index (χ0) is 15.2. The van der Waals surface area contributed by atoms with Crippen LogP contribution >= 0.6 is 0 Å². The van der Waals surface area contributed by atoms with Crippen molar-refractivity contribution in [3.8, 4) is 0 Å². The van der Waals surface area contributed by atoms with Crippen molar-refractivity contribution in [3.63, 3.8) is 0 Å². The number of hydrogen-bond donors (Lipinski definition) is 2. The van der Waals surface area contributed by atoms with Crippen molar-refractivity contribution in [2.45, 2.75) is 18.9 Å². The molecular formula is C17H18FNO2. The van der Waals surface area contributed by atoms with Crippen LogP contribution in [0.15, 0.2) is 54.6 Å². The quantitative estimate of drug-likeness (QED) is 0.856. The molecule has 4 heteroatoms. The minimum atomic E-state index is -0.875. The summed E-state index contributed by atoms with van der Waals surface area (Å²) in [6, 6.07) is 15.3. The molecule has 110 valence electrons. The Bertz CT molecular complexity index is 601. The van der Waals surface area contributed by atoms with Gasteiger partial charge in [0.2, 0.25) is 0 Å². The van der Waals surface area contributed by atoms with Crippen LogP contribution in [-0.4, -0.2) is 17.6 Å². The molecule has 2 aromatic rings. The molecule has 0 amide bonds. The zero-order valence-corrected chi connectivity index (χ0v) is 11.8. The standard InChI is InChI=1S/C17H18FNO2/c1-12(14-8-5-9-15(18)10-14)19-11-16(17(20)21)13-6-3-2-4-7-13/h2-10,12,16,19H,11H2,1H3,(H,20,21)/t12-,16?/m0/s1. The first-order valence-corrected chi connectivity index (χ1v) is 6.84. The lowest BCUT2D eigenvalue weighted by Gasteiger charge is -2.18. The molecule has 0 aliphatic rings. The van der Waals surface area contributed by atoms with Crippen molar-refractivity contribution in [2.75, 3.05) is 6.54 Å². The topological polar surface area (TPSA) is 49.3 Å². The summed E-state index contributed by atoms with van der Waals surface area (Å²) in [5.41, 5.74) is 1.55. The van der Waals surface area contributed by atoms with Crippen molar-refractivity contribution in [1.29, 1.82) is 0 Å². The Morgan fingerprint density at radius 3 is 2.43 bits per heavy atom. The van der Waals surface area contributed by atoms with Gasteiger partial charge in [-0.05, 0) is 30.2 Å². The maximum Gasteiger partial charge on any atom is 0.312 e. The van der Waals surface area contributed by atoms with Gasteiger partial charge in [-0.1, -0.05) is 42.5 Å². The number of rotatable bonds is 6. The summed E-state index contributed by atoms with van der Waals surface area (Å²) in [7, 11) is 0. The van der Waals surface area contributed by atoms with Crippen molar-refractivity contribution in [2.24, 2.45) is 0 Å². The summed E-state index contributed by atoms with van der Waals surface area (Å²) in [4.78, 5) is 11.4. The van der Waals surface area contributed by atoms with Gasteiger partial charge in [0.15, 0.2) is 0 Å². The first-order chi connectivity index (χ1) is 10.1. The Labute approximate surface area is 123 Å². The molecule has 0 saturated carbocycles. The lowest BCUT2D eigenvalue weighted by atomic mass is 9.98. The predicted molar refractivity (Wildman–Crippen MR) is 79.6 cm³/mol. The first kappa shape index (κ1) is 15.2. The normalized spacial score (nSPS) is 13.6. The lowest BCUT2D eigenvalue weighted by molar-refractivity contribution is -0.138. The molecule has 0 spiro atoms. The molecule has 0 bridgehead atoms. The Morgan fingerprint density at radius 1 is 1.14 bits per heavy atom. The van der Waals surface area contributed by atoms with Crippen molar-refractivity contribution >= 4 is 5.97 Å². The summed E-state index contributed by atoms with van der Waals surface area (Å²) in [5.74, 6) is -1.79. The molecule has 2 rings (SSSR count). The van der Waals surface area contributed by atoms with Crippen LogP contribution in [0.3, 0.4) is 0 Å². The SMILES string of the molecule is C[C@H](NCC(C(=O)O)c1ccccc1)c1cccc(F)c1. The maximum atomic E-state index is 13.2. The van der Waals surface area contributed by atoms with Crippen LogP contribution in [0.25, 0.3) is 0 Å². The van der Waals surface area contributed by atoms with Crippen LogP contribution in [0.1, 0.15) is 30.0 Å². The van der Waals surface area contributed by atoms with E-state index in [9.17, 15) is 14.3 Å². The van der Waals surface area contributed by atoms with E-state index in [4.69, 9.17) is 0 Å². The molecule has 2 aromatic carbocycles. The summed E-state index contributed by atoms with van der Waals surface area (Å²) in [6.07, 6.45) is 0. The van der Waals surface area contributed by atoms with Crippen LogP contribution in [-0.2, 0) is 4.79 Å². The fraction of sp³-hybridized carbons (Fsp3) is 0.235. The van der Waals surface area contributed by atoms with E-state index < -0.39 is 11.9 Å². The molecule has 0 aliphatic carbocycles. The molecule has 2 N–H and O–H groups in total. The van der Waals surface area contributed by atoms with Gasteiger partial charge in [-0.2, -0.15) is 0 Å². The van der Waals surface area contributed by atoms with Crippen molar-refractivity contribution in [3.05, 3.63) is 71.5 Å².